The van der Waals surface area contributed by atoms with E-state index in [2.05, 4.69) is 52.1 Å². The van der Waals surface area contributed by atoms with Gasteiger partial charge in [-0.15, -0.1) is 0 Å². The van der Waals surface area contributed by atoms with E-state index in [-0.39, 0.29) is 0 Å². The molecule has 2 saturated heterocycles. The lowest BCUT2D eigenvalue weighted by atomic mass is 10.0. The Morgan fingerprint density at radius 3 is 2.31 bits per heavy atom. The van der Waals surface area contributed by atoms with Crippen molar-refractivity contribution in [3.8, 4) is 0 Å². The van der Waals surface area contributed by atoms with Gasteiger partial charge in [0.2, 0.25) is 0 Å². The van der Waals surface area contributed by atoms with Crippen LogP contribution in [0.15, 0.2) is 48.0 Å². The van der Waals surface area contributed by atoms with E-state index < -0.39 is 0 Å². The summed E-state index contributed by atoms with van der Waals surface area (Å²) in [5, 5.41) is 1.22. The average Bonchev–Trinajstić information content (AvgIpc) is 2.61. The highest BCUT2D eigenvalue weighted by molar-refractivity contribution is 6.42. The third-order valence-electron chi connectivity index (χ3n) is 5.20. The molecule has 0 aromatic heterocycles. The minimum absolute atomic E-state index is 0.604. The number of benzene rings is 2. The smallest absolute Gasteiger partial charge is 0.0612 e. The van der Waals surface area contributed by atoms with E-state index in [0.717, 1.165) is 45.0 Å². The molecule has 2 fully saturated rings. The minimum atomic E-state index is 0.604. The summed E-state index contributed by atoms with van der Waals surface area (Å²) in [6, 6.07) is 14.6. The first-order chi connectivity index (χ1) is 12.6. The van der Waals surface area contributed by atoms with Crippen LogP contribution in [0.25, 0.3) is 6.08 Å². The summed E-state index contributed by atoms with van der Waals surface area (Å²) >= 11 is 12.2. The summed E-state index contributed by atoms with van der Waals surface area (Å²) in [5.74, 6) is 0. The second-order valence-corrected chi connectivity index (χ2v) is 7.92. The van der Waals surface area contributed by atoms with Crippen LogP contribution >= 0.6 is 23.2 Å². The lowest BCUT2D eigenvalue weighted by Gasteiger charge is -2.37. The van der Waals surface area contributed by atoms with Crippen LogP contribution in [0.2, 0.25) is 10.0 Å². The van der Waals surface area contributed by atoms with Gasteiger partial charge in [-0.1, -0.05) is 47.5 Å². The lowest BCUT2D eigenvalue weighted by Crippen LogP contribution is -2.44. The van der Waals surface area contributed by atoms with Gasteiger partial charge >= 0.3 is 0 Å². The van der Waals surface area contributed by atoms with Crippen molar-refractivity contribution in [3.63, 3.8) is 0 Å². The van der Waals surface area contributed by atoms with Crippen molar-refractivity contribution in [1.29, 1.82) is 0 Å². The van der Waals surface area contributed by atoms with Gasteiger partial charge in [0, 0.05) is 50.6 Å². The Labute approximate surface area is 165 Å². The van der Waals surface area contributed by atoms with Gasteiger partial charge in [-0.2, -0.15) is 0 Å². The number of halogens is 2. The van der Waals surface area contributed by atoms with Crippen LogP contribution in [-0.2, 0) is 0 Å². The molecule has 0 spiro atoms. The number of piperazine rings is 1. The van der Waals surface area contributed by atoms with Crippen LogP contribution < -0.4 is 9.80 Å². The molecule has 0 bridgehead atoms. The van der Waals surface area contributed by atoms with Crippen molar-refractivity contribution >= 4 is 40.7 Å². The van der Waals surface area contributed by atoms with Gasteiger partial charge in [0.1, 0.15) is 0 Å². The molecular weight excluding hydrogens is 365 g/mol. The molecule has 2 heterocycles. The quantitative estimate of drug-likeness (QED) is 0.758. The highest BCUT2D eigenvalue weighted by Crippen LogP contribution is 2.32. The molecule has 2 aromatic rings. The molecule has 0 atom stereocenters. The zero-order chi connectivity index (χ0) is 18.1. The fourth-order valence-corrected chi connectivity index (χ4v) is 3.86. The Hall–Kier alpha value is -1.68. The maximum atomic E-state index is 6.14. The predicted molar refractivity (Wildman–Crippen MR) is 113 cm³/mol. The highest BCUT2D eigenvalue weighted by Gasteiger charge is 2.22. The van der Waals surface area contributed by atoms with Gasteiger partial charge in [0.05, 0.1) is 10.0 Å². The van der Waals surface area contributed by atoms with Crippen LogP contribution in [0.5, 0.6) is 0 Å². The molecule has 136 valence electrons. The third kappa shape index (κ3) is 3.71. The Morgan fingerprint density at radius 2 is 1.58 bits per heavy atom. The fraction of sp³-hybridized carbons (Fsp3) is 0.333. The van der Waals surface area contributed by atoms with E-state index in [1.54, 1.807) is 0 Å². The lowest BCUT2D eigenvalue weighted by molar-refractivity contribution is 0.313. The molecule has 2 aliphatic rings. The number of hydrogen-bond acceptors (Lipinski definition) is 3. The molecular formula is C21H23Cl2N3. The van der Waals surface area contributed by atoms with Crippen LogP contribution in [0.1, 0.15) is 5.56 Å². The van der Waals surface area contributed by atoms with E-state index in [1.807, 2.05) is 18.2 Å². The fourth-order valence-electron chi connectivity index (χ4n) is 3.56. The summed E-state index contributed by atoms with van der Waals surface area (Å²) in [7, 11) is 2.19. The van der Waals surface area contributed by atoms with Crippen molar-refractivity contribution in [2.75, 3.05) is 56.1 Å². The van der Waals surface area contributed by atoms with Crippen molar-refractivity contribution < 1.29 is 0 Å². The normalized spacial score (nSPS) is 18.0. The summed E-state index contributed by atoms with van der Waals surface area (Å²) in [4.78, 5) is 7.20. The van der Waals surface area contributed by atoms with E-state index in [4.69, 9.17) is 23.2 Å². The molecule has 4 rings (SSSR count). The molecule has 0 radical (unpaired) electrons. The predicted octanol–water partition coefficient (Wildman–Crippen LogP) is 4.65. The number of anilines is 2. The molecule has 0 amide bonds. The summed E-state index contributed by atoms with van der Waals surface area (Å²) in [6.45, 7) is 6.30. The molecule has 0 aliphatic carbocycles. The Morgan fingerprint density at radius 1 is 0.846 bits per heavy atom. The van der Waals surface area contributed by atoms with Crippen molar-refractivity contribution in [1.82, 2.24) is 4.90 Å². The number of hydrogen-bond donors (Lipinski definition) is 0. The Kier molecular flexibility index (Phi) is 5.12. The number of para-hydroxylation sites is 1. The second kappa shape index (κ2) is 7.51. The Balaban J connectivity index is 1.47. The van der Waals surface area contributed by atoms with Gasteiger partial charge in [-0.05, 0) is 42.4 Å². The monoisotopic (exact) mass is 387 g/mol. The maximum Gasteiger partial charge on any atom is 0.0612 e. The van der Waals surface area contributed by atoms with Crippen LogP contribution in [0.4, 0.5) is 11.4 Å². The summed E-state index contributed by atoms with van der Waals surface area (Å²) in [5.41, 5.74) is 5.24. The molecule has 5 heteroatoms. The van der Waals surface area contributed by atoms with E-state index in [0.29, 0.717) is 10.0 Å². The summed E-state index contributed by atoms with van der Waals surface area (Å²) in [6.07, 6.45) is 2.35. The van der Waals surface area contributed by atoms with Gasteiger partial charge in [0.25, 0.3) is 0 Å². The zero-order valence-electron chi connectivity index (χ0n) is 15.0. The summed E-state index contributed by atoms with van der Waals surface area (Å²) < 4.78 is 0. The molecule has 0 saturated carbocycles. The SMILES string of the molecule is CN1CCN(c2ccccc2C=C2CN(c3ccc(Cl)c(Cl)c3)C2)CC1. The topological polar surface area (TPSA) is 9.72 Å². The molecule has 26 heavy (non-hydrogen) atoms. The molecule has 0 N–H and O–H groups in total. The second-order valence-electron chi connectivity index (χ2n) is 7.11. The largest absolute Gasteiger partial charge is 0.368 e. The van der Waals surface area contributed by atoms with Gasteiger partial charge < -0.3 is 14.7 Å². The highest BCUT2D eigenvalue weighted by atomic mass is 35.5. The molecule has 0 unspecified atom stereocenters. The zero-order valence-corrected chi connectivity index (χ0v) is 16.5. The van der Waals surface area contributed by atoms with Crippen LogP contribution in [0.3, 0.4) is 0 Å². The van der Waals surface area contributed by atoms with Gasteiger partial charge in [-0.25, -0.2) is 0 Å². The maximum absolute atomic E-state index is 6.14. The molecule has 2 aromatic carbocycles. The van der Waals surface area contributed by atoms with Crippen LogP contribution in [0, 0.1) is 0 Å². The standard InChI is InChI=1S/C21H23Cl2N3/c1-24-8-10-25(11-9-24)21-5-3-2-4-17(21)12-16-14-26(15-16)18-6-7-19(22)20(23)13-18/h2-7,12-13H,8-11,14-15H2,1H3. The van der Waals surface area contributed by atoms with Gasteiger partial charge in [-0.3, -0.25) is 0 Å². The first kappa shape index (κ1) is 17.7. The third-order valence-corrected chi connectivity index (χ3v) is 5.94. The van der Waals surface area contributed by atoms with E-state index in [9.17, 15) is 0 Å². The minimum Gasteiger partial charge on any atom is -0.368 e. The number of rotatable bonds is 3. The number of likely N-dealkylation sites (N-methyl/N-ethyl adjacent to an activating group) is 1. The molecule has 3 nitrogen and oxygen atoms in total. The van der Waals surface area contributed by atoms with Crippen molar-refractivity contribution in [2.24, 2.45) is 0 Å². The first-order valence-corrected chi connectivity index (χ1v) is 9.78. The number of nitrogens with zero attached hydrogens (tertiary/aromatic N) is 3. The molecule has 2 aliphatic heterocycles. The van der Waals surface area contributed by atoms with Crippen LogP contribution in [-0.4, -0.2) is 51.2 Å². The Bertz CT molecular complexity index is 818. The van der Waals surface area contributed by atoms with Gasteiger partial charge in [0.15, 0.2) is 0 Å². The van der Waals surface area contributed by atoms with E-state index in [1.165, 1.54) is 16.8 Å². The van der Waals surface area contributed by atoms with Crippen molar-refractivity contribution in [3.05, 3.63) is 63.6 Å². The first-order valence-electron chi connectivity index (χ1n) is 9.02. The van der Waals surface area contributed by atoms with Crippen molar-refractivity contribution in [2.45, 2.75) is 0 Å². The average molecular weight is 388 g/mol. The van der Waals surface area contributed by atoms with E-state index >= 15 is 0 Å².